The van der Waals surface area contributed by atoms with Gasteiger partial charge in [0.1, 0.15) is 0 Å². The summed E-state index contributed by atoms with van der Waals surface area (Å²) in [5, 5.41) is 3.33. The van der Waals surface area contributed by atoms with E-state index in [4.69, 9.17) is 9.72 Å². The van der Waals surface area contributed by atoms with Crippen LogP contribution in [0.15, 0.2) is 30.6 Å². The third kappa shape index (κ3) is 5.81. The summed E-state index contributed by atoms with van der Waals surface area (Å²) in [6, 6.07) is 8.16. The molecular formula is C27H36N8O3. The molecule has 2 saturated heterocycles. The Morgan fingerprint density at radius 1 is 1.08 bits per heavy atom. The number of amides is 1. The largest absolute Gasteiger partial charge is 0.465 e. The van der Waals surface area contributed by atoms with Gasteiger partial charge in [0.15, 0.2) is 17.0 Å². The number of ether oxygens (including phenoxy) is 1. The van der Waals surface area contributed by atoms with Gasteiger partial charge in [-0.3, -0.25) is 9.59 Å². The predicted octanol–water partition coefficient (Wildman–Crippen LogP) is 3.32. The highest BCUT2D eigenvalue weighted by atomic mass is 16.5. The quantitative estimate of drug-likeness (QED) is 0.340. The number of unbranched alkanes of at least 4 members (excludes halogenated alkanes) is 1. The lowest BCUT2D eigenvalue weighted by Crippen LogP contribution is -2.48. The molecule has 2 aliphatic heterocycles. The number of nitrogens with one attached hydrogen (secondary N) is 2. The van der Waals surface area contributed by atoms with E-state index in [2.05, 4.69) is 49.1 Å². The fourth-order valence-corrected chi connectivity index (χ4v) is 5.06. The third-order valence-corrected chi connectivity index (χ3v) is 7.27. The number of fused-ring (bicyclic) bond motifs is 1. The van der Waals surface area contributed by atoms with E-state index >= 15 is 0 Å². The van der Waals surface area contributed by atoms with E-state index in [0.29, 0.717) is 36.1 Å². The molecule has 2 aromatic heterocycles. The van der Waals surface area contributed by atoms with E-state index in [1.165, 1.54) is 0 Å². The van der Waals surface area contributed by atoms with Crippen LogP contribution in [0.3, 0.4) is 0 Å². The van der Waals surface area contributed by atoms with Crippen molar-refractivity contribution >= 4 is 46.2 Å². The third-order valence-electron chi connectivity index (χ3n) is 7.27. The molecule has 38 heavy (non-hydrogen) atoms. The second-order valence-corrected chi connectivity index (χ2v) is 9.94. The lowest BCUT2D eigenvalue weighted by molar-refractivity contribution is -0.149. The summed E-state index contributed by atoms with van der Waals surface area (Å²) < 4.78 is 5.50. The van der Waals surface area contributed by atoms with Crippen LogP contribution in [0.25, 0.3) is 11.2 Å². The topological polar surface area (TPSA) is 120 Å². The fraction of sp³-hybridized carbons (Fsp3) is 0.519. The Morgan fingerprint density at radius 3 is 2.61 bits per heavy atom. The number of carbonyl (C=O) groups excluding carboxylic acids is 2. The Hall–Kier alpha value is -3.89. The Kier molecular flexibility index (Phi) is 7.90. The van der Waals surface area contributed by atoms with Crippen molar-refractivity contribution in [3.63, 3.8) is 0 Å². The first-order chi connectivity index (χ1) is 18.5. The maximum atomic E-state index is 12.6. The summed E-state index contributed by atoms with van der Waals surface area (Å²) in [6.07, 6.45) is 5.20. The number of aromatic nitrogens is 4. The molecule has 3 aromatic rings. The molecule has 1 amide bonds. The average Bonchev–Trinajstić information content (AvgIpc) is 3.42. The Balaban J connectivity index is 1.28. The van der Waals surface area contributed by atoms with Crippen LogP contribution in [0.2, 0.25) is 0 Å². The van der Waals surface area contributed by atoms with Crippen molar-refractivity contribution in [2.45, 2.75) is 39.5 Å². The second kappa shape index (κ2) is 11.7. The number of rotatable bonds is 8. The Bertz CT molecular complexity index is 1250. The monoisotopic (exact) mass is 520 g/mol. The molecular weight excluding hydrogens is 484 g/mol. The van der Waals surface area contributed by atoms with E-state index in [1.807, 2.05) is 17.0 Å². The normalized spacial score (nSPS) is 18.1. The highest BCUT2D eigenvalue weighted by Crippen LogP contribution is 2.29. The number of hydrogen-bond donors (Lipinski definition) is 2. The minimum Gasteiger partial charge on any atom is -0.465 e. The molecule has 1 atom stereocenters. The molecule has 2 aliphatic rings. The van der Waals surface area contributed by atoms with E-state index in [1.54, 1.807) is 13.3 Å². The molecule has 0 radical (unpaired) electrons. The summed E-state index contributed by atoms with van der Waals surface area (Å²) in [6.45, 7) is 8.64. The van der Waals surface area contributed by atoms with Crippen LogP contribution in [0, 0.1) is 5.92 Å². The number of piperidine rings is 1. The molecule has 0 spiro atoms. The molecule has 1 unspecified atom stereocenters. The summed E-state index contributed by atoms with van der Waals surface area (Å²) >= 11 is 0. The number of benzene rings is 1. The van der Waals surface area contributed by atoms with E-state index in [-0.39, 0.29) is 17.8 Å². The van der Waals surface area contributed by atoms with Crippen LogP contribution in [-0.4, -0.2) is 82.6 Å². The van der Waals surface area contributed by atoms with Gasteiger partial charge in [-0.25, -0.2) is 4.98 Å². The van der Waals surface area contributed by atoms with Crippen LogP contribution in [0.4, 0.5) is 23.1 Å². The van der Waals surface area contributed by atoms with Crippen LogP contribution in [0.1, 0.15) is 39.5 Å². The van der Waals surface area contributed by atoms with Crippen LogP contribution in [-0.2, 0) is 14.3 Å². The Morgan fingerprint density at radius 2 is 1.87 bits per heavy atom. The van der Waals surface area contributed by atoms with Gasteiger partial charge in [-0.15, -0.1) is 0 Å². The zero-order chi connectivity index (χ0) is 26.5. The zero-order valence-corrected chi connectivity index (χ0v) is 22.2. The van der Waals surface area contributed by atoms with E-state index in [0.717, 1.165) is 69.8 Å². The van der Waals surface area contributed by atoms with E-state index < -0.39 is 0 Å². The molecule has 2 fully saturated rings. The standard InChI is InChI=1S/C27H36N8O3/c1-3-4-16-38-26(37)20-6-5-11-35(17-20)25-23-24(29-18-28-23)31-27(32-25)30-21-7-9-22(10-8-21)34-14-12-33(13-15-34)19(2)36/h7-10,18,20H,3-6,11-17H2,1-2H3,(H2,28,29,30,31,32). The number of anilines is 4. The number of carbonyl (C=O) groups is 2. The van der Waals surface area contributed by atoms with Crippen molar-refractivity contribution in [1.82, 2.24) is 24.8 Å². The van der Waals surface area contributed by atoms with Crippen molar-refractivity contribution in [2.75, 3.05) is 61.0 Å². The molecule has 5 rings (SSSR count). The summed E-state index contributed by atoms with van der Waals surface area (Å²) in [4.78, 5) is 47.5. The second-order valence-electron chi connectivity index (χ2n) is 9.94. The van der Waals surface area contributed by atoms with Gasteiger partial charge in [-0.1, -0.05) is 13.3 Å². The number of piperazine rings is 1. The summed E-state index contributed by atoms with van der Waals surface area (Å²) in [7, 11) is 0. The molecule has 202 valence electrons. The summed E-state index contributed by atoms with van der Waals surface area (Å²) in [5.74, 6) is 1.00. The number of nitrogens with zero attached hydrogens (tertiary/aromatic N) is 6. The summed E-state index contributed by atoms with van der Waals surface area (Å²) in [5.41, 5.74) is 3.33. The number of imidazole rings is 1. The highest BCUT2D eigenvalue weighted by Gasteiger charge is 2.29. The minimum absolute atomic E-state index is 0.128. The SMILES string of the molecule is CCCCOC(=O)C1CCCN(c2nc(Nc3ccc(N4CCN(C(C)=O)CC4)cc3)nc3[nH]cnc23)C1. The molecule has 0 aliphatic carbocycles. The number of H-pyrrole nitrogens is 1. The van der Waals surface area contributed by atoms with Crippen LogP contribution >= 0.6 is 0 Å². The number of aromatic amines is 1. The van der Waals surface area contributed by atoms with Gasteiger partial charge in [0.2, 0.25) is 11.9 Å². The van der Waals surface area contributed by atoms with Crippen LogP contribution < -0.4 is 15.1 Å². The molecule has 1 aromatic carbocycles. The molecule has 11 nitrogen and oxygen atoms in total. The van der Waals surface area contributed by atoms with Gasteiger partial charge < -0.3 is 29.7 Å². The molecule has 4 heterocycles. The highest BCUT2D eigenvalue weighted by molar-refractivity contribution is 5.85. The van der Waals surface area contributed by atoms with Gasteiger partial charge in [0.05, 0.1) is 18.9 Å². The van der Waals surface area contributed by atoms with Crippen molar-refractivity contribution in [3.05, 3.63) is 30.6 Å². The zero-order valence-electron chi connectivity index (χ0n) is 22.2. The molecule has 0 bridgehead atoms. The number of esters is 1. The lowest BCUT2D eigenvalue weighted by atomic mass is 9.98. The molecule has 11 heteroatoms. The minimum atomic E-state index is -0.175. The first-order valence-corrected chi connectivity index (χ1v) is 13.5. The first kappa shape index (κ1) is 25.7. The van der Waals surface area contributed by atoms with Gasteiger partial charge >= 0.3 is 5.97 Å². The van der Waals surface area contributed by atoms with Crippen molar-refractivity contribution in [1.29, 1.82) is 0 Å². The molecule has 0 saturated carbocycles. The van der Waals surface area contributed by atoms with Crippen molar-refractivity contribution < 1.29 is 14.3 Å². The first-order valence-electron chi connectivity index (χ1n) is 13.5. The fourth-order valence-electron chi connectivity index (χ4n) is 5.06. The van der Waals surface area contributed by atoms with E-state index in [9.17, 15) is 9.59 Å². The predicted molar refractivity (Wildman–Crippen MR) is 147 cm³/mol. The number of hydrogen-bond acceptors (Lipinski definition) is 9. The van der Waals surface area contributed by atoms with Gasteiger partial charge in [0, 0.05) is 57.6 Å². The Labute approximate surface area is 222 Å². The maximum Gasteiger partial charge on any atom is 0.310 e. The van der Waals surface area contributed by atoms with Crippen molar-refractivity contribution in [2.24, 2.45) is 5.92 Å². The smallest absolute Gasteiger partial charge is 0.310 e. The van der Waals surface area contributed by atoms with Crippen LogP contribution in [0.5, 0.6) is 0 Å². The molecule has 2 N–H and O–H groups in total. The van der Waals surface area contributed by atoms with Gasteiger partial charge in [-0.2, -0.15) is 9.97 Å². The van der Waals surface area contributed by atoms with Gasteiger partial charge in [0.25, 0.3) is 0 Å². The maximum absolute atomic E-state index is 12.6. The van der Waals surface area contributed by atoms with Gasteiger partial charge in [-0.05, 0) is 43.5 Å². The average molecular weight is 521 g/mol. The lowest BCUT2D eigenvalue weighted by Gasteiger charge is -2.35. The van der Waals surface area contributed by atoms with Crippen molar-refractivity contribution in [3.8, 4) is 0 Å².